The second-order valence-corrected chi connectivity index (χ2v) is 4.66. The van der Waals surface area contributed by atoms with Crippen molar-refractivity contribution in [3.05, 3.63) is 35.4 Å². The quantitative estimate of drug-likeness (QED) is 0.762. The van der Waals surface area contributed by atoms with Crippen LogP contribution in [0.1, 0.15) is 36.8 Å². The fraction of sp³-hybridized carbons (Fsp3) is 0.500. The fourth-order valence-electron chi connectivity index (χ4n) is 2.45. The van der Waals surface area contributed by atoms with E-state index < -0.39 is 0 Å². The maximum Gasteiger partial charge on any atom is 0.219 e. The molecule has 0 aliphatic heterocycles. The van der Waals surface area contributed by atoms with E-state index in [9.17, 15) is 4.79 Å². The molecule has 2 rings (SSSR count). The first-order valence-corrected chi connectivity index (χ1v) is 5.98. The Hall–Kier alpha value is -1.31. The van der Waals surface area contributed by atoms with Gasteiger partial charge in [0, 0.05) is 20.5 Å². The highest BCUT2D eigenvalue weighted by Gasteiger charge is 2.21. The number of hydrogen-bond donors (Lipinski definition) is 0. The van der Waals surface area contributed by atoms with Crippen LogP contribution in [0.15, 0.2) is 24.3 Å². The second-order valence-electron chi connectivity index (χ2n) is 4.66. The summed E-state index contributed by atoms with van der Waals surface area (Å²) in [5.74, 6) is 0.810. The van der Waals surface area contributed by atoms with Crippen LogP contribution < -0.4 is 0 Å². The molecule has 1 amide bonds. The Balaban J connectivity index is 1.96. The molecule has 1 aliphatic carbocycles. The highest BCUT2D eigenvalue weighted by atomic mass is 16.2. The second kappa shape index (κ2) is 4.69. The van der Waals surface area contributed by atoms with E-state index >= 15 is 0 Å². The molecule has 0 spiro atoms. The molecule has 1 aromatic carbocycles. The Bertz CT molecular complexity index is 386. The predicted molar refractivity (Wildman–Crippen MR) is 65.4 cm³/mol. The van der Waals surface area contributed by atoms with Gasteiger partial charge in [-0.05, 0) is 36.3 Å². The van der Waals surface area contributed by atoms with Crippen LogP contribution >= 0.6 is 0 Å². The van der Waals surface area contributed by atoms with Crippen molar-refractivity contribution in [2.24, 2.45) is 0 Å². The van der Waals surface area contributed by atoms with E-state index in [2.05, 4.69) is 24.3 Å². The standard InChI is InChI=1S/C14H19NO/c1-11(16)15(2)10-9-13-8-7-12-5-3-4-6-14(12)13/h3-6,13H,7-10H2,1-2H3. The van der Waals surface area contributed by atoms with Gasteiger partial charge in [-0.25, -0.2) is 0 Å². The van der Waals surface area contributed by atoms with Gasteiger partial charge in [0.15, 0.2) is 0 Å². The van der Waals surface area contributed by atoms with Gasteiger partial charge in [-0.1, -0.05) is 24.3 Å². The molecule has 1 atom stereocenters. The van der Waals surface area contributed by atoms with Crippen molar-refractivity contribution in [3.8, 4) is 0 Å². The average molecular weight is 217 g/mol. The van der Waals surface area contributed by atoms with Gasteiger partial charge in [-0.15, -0.1) is 0 Å². The molecule has 0 bridgehead atoms. The zero-order chi connectivity index (χ0) is 11.5. The van der Waals surface area contributed by atoms with Crippen LogP contribution in [0.5, 0.6) is 0 Å². The first-order chi connectivity index (χ1) is 7.68. The summed E-state index contributed by atoms with van der Waals surface area (Å²) in [7, 11) is 1.88. The van der Waals surface area contributed by atoms with E-state index in [4.69, 9.17) is 0 Å². The number of hydrogen-bond acceptors (Lipinski definition) is 1. The zero-order valence-electron chi connectivity index (χ0n) is 10.1. The topological polar surface area (TPSA) is 20.3 Å². The summed E-state index contributed by atoms with van der Waals surface area (Å²) in [6.07, 6.45) is 3.53. The summed E-state index contributed by atoms with van der Waals surface area (Å²) < 4.78 is 0. The molecule has 1 aromatic rings. The molecule has 0 saturated heterocycles. The maximum atomic E-state index is 11.1. The number of amides is 1. The third-order valence-electron chi connectivity index (χ3n) is 3.61. The van der Waals surface area contributed by atoms with Crippen LogP contribution in [0.2, 0.25) is 0 Å². The van der Waals surface area contributed by atoms with Gasteiger partial charge in [0.2, 0.25) is 5.91 Å². The van der Waals surface area contributed by atoms with Crippen LogP contribution in [-0.2, 0) is 11.2 Å². The maximum absolute atomic E-state index is 11.1. The smallest absolute Gasteiger partial charge is 0.219 e. The van der Waals surface area contributed by atoms with Crippen LogP contribution in [-0.4, -0.2) is 24.4 Å². The fourth-order valence-corrected chi connectivity index (χ4v) is 2.45. The minimum atomic E-state index is 0.159. The number of aryl methyl sites for hydroxylation is 1. The summed E-state index contributed by atoms with van der Waals surface area (Å²) >= 11 is 0. The van der Waals surface area contributed by atoms with Crippen molar-refractivity contribution in [3.63, 3.8) is 0 Å². The van der Waals surface area contributed by atoms with Gasteiger partial charge in [-0.3, -0.25) is 4.79 Å². The SMILES string of the molecule is CC(=O)N(C)CCC1CCc2ccccc21. The summed E-state index contributed by atoms with van der Waals surface area (Å²) in [6.45, 7) is 2.50. The first-order valence-electron chi connectivity index (χ1n) is 5.98. The van der Waals surface area contributed by atoms with E-state index in [1.165, 1.54) is 24.0 Å². The number of carbonyl (C=O) groups excluding carboxylic acids is 1. The van der Waals surface area contributed by atoms with E-state index in [1.54, 1.807) is 11.8 Å². The Labute approximate surface area is 97.3 Å². The predicted octanol–water partition coefficient (Wildman–Crippen LogP) is 2.58. The lowest BCUT2D eigenvalue weighted by Gasteiger charge is -2.18. The lowest BCUT2D eigenvalue weighted by molar-refractivity contribution is -0.127. The van der Waals surface area contributed by atoms with Gasteiger partial charge in [0.25, 0.3) is 0 Å². The first kappa shape index (κ1) is 11.2. The van der Waals surface area contributed by atoms with E-state index in [1.807, 2.05) is 7.05 Å². The molecule has 2 nitrogen and oxygen atoms in total. The molecule has 86 valence electrons. The lowest BCUT2D eigenvalue weighted by Crippen LogP contribution is -2.25. The Morgan fingerprint density at radius 1 is 1.44 bits per heavy atom. The van der Waals surface area contributed by atoms with Crippen molar-refractivity contribution >= 4 is 5.91 Å². The lowest BCUT2D eigenvalue weighted by atomic mass is 9.98. The van der Waals surface area contributed by atoms with Crippen LogP contribution in [0, 0.1) is 0 Å². The molecule has 0 aromatic heterocycles. The summed E-state index contributed by atoms with van der Waals surface area (Å²) in [6, 6.07) is 8.69. The number of rotatable bonds is 3. The van der Waals surface area contributed by atoms with Crippen LogP contribution in [0.25, 0.3) is 0 Å². The minimum Gasteiger partial charge on any atom is -0.346 e. The van der Waals surface area contributed by atoms with Gasteiger partial charge in [0.05, 0.1) is 0 Å². The van der Waals surface area contributed by atoms with E-state index in [0.29, 0.717) is 5.92 Å². The normalized spacial score (nSPS) is 18.2. The van der Waals surface area contributed by atoms with Crippen molar-refractivity contribution in [2.45, 2.75) is 32.1 Å². The number of carbonyl (C=O) groups is 1. The highest BCUT2D eigenvalue weighted by molar-refractivity contribution is 5.72. The van der Waals surface area contributed by atoms with Gasteiger partial charge >= 0.3 is 0 Å². The largest absolute Gasteiger partial charge is 0.346 e. The van der Waals surface area contributed by atoms with Crippen molar-refractivity contribution in [2.75, 3.05) is 13.6 Å². The van der Waals surface area contributed by atoms with Gasteiger partial charge in [-0.2, -0.15) is 0 Å². The van der Waals surface area contributed by atoms with E-state index in [-0.39, 0.29) is 5.91 Å². The van der Waals surface area contributed by atoms with Gasteiger partial charge < -0.3 is 4.90 Å². The Morgan fingerprint density at radius 3 is 2.94 bits per heavy atom. The molecule has 0 radical (unpaired) electrons. The molecule has 0 fully saturated rings. The van der Waals surface area contributed by atoms with Gasteiger partial charge in [0.1, 0.15) is 0 Å². The third-order valence-corrected chi connectivity index (χ3v) is 3.61. The third kappa shape index (κ3) is 2.26. The van der Waals surface area contributed by atoms with Crippen molar-refractivity contribution < 1.29 is 4.79 Å². The van der Waals surface area contributed by atoms with Crippen LogP contribution in [0.4, 0.5) is 0 Å². The number of nitrogens with zero attached hydrogens (tertiary/aromatic N) is 1. The molecular weight excluding hydrogens is 198 g/mol. The highest BCUT2D eigenvalue weighted by Crippen LogP contribution is 2.35. The molecule has 1 unspecified atom stereocenters. The average Bonchev–Trinajstić information content (AvgIpc) is 2.69. The summed E-state index contributed by atoms with van der Waals surface area (Å²) in [5, 5.41) is 0. The van der Waals surface area contributed by atoms with E-state index in [0.717, 1.165) is 13.0 Å². The monoisotopic (exact) mass is 217 g/mol. The molecule has 1 aliphatic rings. The minimum absolute atomic E-state index is 0.159. The number of fused-ring (bicyclic) bond motifs is 1. The van der Waals surface area contributed by atoms with Crippen LogP contribution in [0.3, 0.4) is 0 Å². The molecule has 2 heteroatoms. The Kier molecular flexibility index (Phi) is 3.28. The molecular formula is C14H19NO. The molecule has 0 saturated carbocycles. The van der Waals surface area contributed by atoms with Crippen molar-refractivity contribution in [1.82, 2.24) is 4.90 Å². The molecule has 16 heavy (non-hydrogen) atoms. The van der Waals surface area contributed by atoms with Crippen molar-refractivity contribution in [1.29, 1.82) is 0 Å². The summed E-state index contributed by atoms with van der Waals surface area (Å²) in [4.78, 5) is 12.9. The summed E-state index contributed by atoms with van der Waals surface area (Å²) in [5.41, 5.74) is 3.00. The number of benzene rings is 1. The molecule has 0 heterocycles. The Morgan fingerprint density at radius 2 is 2.19 bits per heavy atom. The zero-order valence-corrected chi connectivity index (χ0v) is 10.1. The molecule has 0 N–H and O–H groups in total.